The van der Waals surface area contributed by atoms with Crippen LogP contribution in [0.1, 0.15) is 62.0 Å². The molecule has 8 heteroatoms. The van der Waals surface area contributed by atoms with Gasteiger partial charge in [0.2, 0.25) is 0 Å². The summed E-state index contributed by atoms with van der Waals surface area (Å²) in [5.41, 5.74) is 3.55. The SMILES string of the molecule is CC(C)(O)C1Cc2c(cc3oc(CO)c(Cc4ccc(NO)cc4)c(=O)c3c2OC2CCCC2)O1. The van der Waals surface area contributed by atoms with Gasteiger partial charge in [-0.1, -0.05) is 12.1 Å². The van der Waals surface area contributed by atoms with Crippen molar-refractivity contribution >= 4 is 16.7 Å². The van der Waals surface area contributed by atoms with Gasteiger partial charge in [0.1, 0.15) is 40.9 Å². The maximum Gasteiger partial charge on any atom is 0.200 e. The monoisotopic (exact) mass is 481 g/mol. The van der Waals surface area contributed by atoms with Gasteiger partial charge in [-0.25, -0.2) is 0 Å². The second kappa shape index (κ2) is 9.18. The molecule has 0 amide bonds. The van der Waals surface area contributed by atoms with Crippen LogP contribution < -0.4 is 20.4 Å². The maximum absolute atomic E-state index is 13.9. The predicted molar refractivity (Wildman–Crippen MR) is 130 cm³/mol. The van der Waals surface area contributed by atoms with Crippen molar-refractivity contribution in [2.45, 2.75) is 76.8 Å². The van der Waals surface area contributed by atoms with E-state index >= 15 is 0 Å². The van der Waals surface area contributed by atoms with E-state index in [1.165, 1.54) is 0 Å². The van der Waals surface area contributed by atoms with Gasteiger partial charge in [0.05, 0.1) is 17.4 Å². The smallest absolute Gasteiger partial charge is 0.200 e. The number of hydrogen-bond acceptors (Lipinski definition) is 8. The molecule has 1 unspecified atom stereocenters. The third-order valence-corrected chi connectivity index (χ3v) is 7.02. The fraction of sp³-hybridized carbons (Fsp3) is 0.444. The van der Waals surface area contributed by atoms with Gasteiger partial charge in [0.25, 0.3) is 0 Å². The van der Waals surface area contributed by atoms with Crippen molar-refractivity contribution in [3.05, 3.63) is 63.0 Å². The number of ether oxygens (including phenoxy) is 2. The van der Waals surface area contributed by atoms with E-state index in [0.717, 1.165) is 36.8 Å². The molecule has 2 aromatic carbocycles. The van der Waals surface area contributed by atoms with Gasteiger partial charge >= 0.3 is 0 Å². The third-order valence-electron chi connectivity index (χ3n) is 7.02. The molecule has 1 aliphatic heterocycles. The Morgan fingerprint density at radius 2 is 1.89 bits per heavy atom. The molecule has 35 heavy (non-hydrogen) atoms. The van der Waals surface area contributed by atoms with E-state index in [1.807, 2.05) is 0 Å². The lowest BCUT2D eigenvalue weighted by Gasteiger charge is -2.24. The summed E-state index contributed by atoms with van der Waals surface area (Å²) in [7, 11) is 0. The van der Waals surface area contributed by atoms with E-state index in [-0.39, 0.29) is 23.7 Å². The first-order valence-corrected chi connectivity index (χ1v) is 12.1. The van der Waals surface area contributed by atoms with Crippen LogP contribution in [0.25, 0.3) is 11.0 Å². The molecular formula is C27H31NO7. The predicted octanol–water partition coefficient (Wildman–Crippen LogP) is 4.07. The van der Waals surface area contributed by atoms with Crippen molar-refractivity contribution in [1.82, 2.24) is 0 Å². The van der Waals surface area contributed by atoms with Gasteiger partial charge in [0.15, 0.2) is 5.43 Å². The average molecular weight is 482 g/mol. The first kappa shape index (κ1) is 23.7. The van der Waals surface area contributed by atoms with Crippen LogP contribution in [-0.2, 0) is 19.4 Å². The lowest BCUT2D eigenvalue weighted by molar-refractivity contribution is -0.0229. The first-order valence-electron chi connectivity index (χ1n) is 12.1. The summed E-state index contributed by atoms with van der Waals surface area (Å²) in [4.78, 5) is 13.9. The largest absolute Gasteiger partial charge is 0.489 e. The molecule has 8 nitrogen and oxygen atoms in total. The van der Waals surface area contributed by atoms with Crippen LogP contribution in [0, 0.1) is 0 Å². The molecule has 2 aliphatic rings. The quantitative estimate of drug-likeness (QED) is 0.373. The summed E-state index contributed by atoms with van der Waals surface area (Å²) < 4.78 is 18.6. The average Bonchev–Trinajstić information content (AvgIpc) is 3.50. The molecule has 4 N–H and O–H groups in total. The van der Waals surface area contributed by atoms with Gasteiger partial charge in [-0.3, -0.25) is 15.5 Å². The highest BCUT2D eigenvalue weighted by molar-refractivity contribution is 5.88. The van der Waals surface area contributed by atoms with E-state index in [4.69, 9.17) is 19.1 Å². The zero-order valence-corrected chi connectivity index (χ0v) is 20.0. The fourth-order valence-electron chi connectivity index (χ4n) is 5.00. The van der Waals surface area contributed by atoms with E-state index in [1.54, 1.807) is 44.2 Å². The van der Waals surface area contributed by atoms with Gasteiger partial charge < -0.3 is 24.1 Å². The Balaban J connectivity index is 1.66. The van der Waals surface area contributed by atoms with Crippen LogP contribution in [0.4, 0.5) is 5.69 Å². The van der Waals surface area contributed by atoms with E-state index in [9.17, 15) is 15.0 Å². The number of rotatable bonds is 7. The van der Waals surface area contributed by atoms with Crippen molar-refractivity contribution in [3.63, 3.8) is 0 Å². The zero-order chi connectivity index (χ0) is 24.7. The maximum atomic E-state index is 13.9. The van der Waals surface area contributed by atoms with Crippen LogP contribution >= 0.6 is 0 Å². The Labute approximate surface area is 203 Å². The minimum Gasteiger partial charge on any atom is -0.489 e. The van der Waals surface area contributed by atoms with Crippen molar-refractivity contribution in [1.29, 1.82) is 0 Å². The second-order valence-corrected chi connectivity index (χ2v) is 10.0. The summed E-state index contributed by atoms with van der Waals surface area (Å²) in [5, 5.41) is 30.0. The van der Waals surface area contributed by atoms with Crippen molar-refractivity contribution < 1.29 is 29.3 Å². The summed E-state index contributed by atoms with van der Waals surface area (Å²) >= 11 is 0. The molecule has 1 aromatic heterocycles. The molecule has 2 heterocycles. The molecular weight excluding hydrogens is 450 g/mol. The van der Waals surface area contributed by atoms with Crippen LogP contribution in [0.3, 0.4) is 0 Å². The number of hydrogen-bond donors (Lipinski definition) is 4. The Hall–Kier alpha value is -3.07. The second-order valence-electron chi connectivity index (χ2n) is 10.0. The van der Waals surface area contributed by atoms with Crippen LogP contribution in [-0.4, -0.2) is 33.2 Å². The first-order chi connectivity index (χ1) is 16.8. The van der Waals surface area contributed by atoms with E-state index in [0.29, 0.717) is 40.1 Å². The fourth-order valence-corrected chi connectivity index (χ4v) is 5.00. The summed E-state index contributed by atoms with van der Waals surface area (Å²) in [6.07, 6.45) is 4.18. The molecule has 0 saturated heterocycles. The number of benzene rings is 2. The standard InChI is InChI=1S/C27H31NO7/c1-27(2,31)23-12-19-20(35-23)13-21-24(26(19)33-17-5-3-4-6-17)25(30)18(22(14-29)34-21)11-15-7-9-16(28-32)10-8-15/h7-10,13,17,23,28-29,31-32H,3-6,11-12,14H2,1-2H3. The highest BCUT2D eigenvalue weighted by atomic mass is 16.5. The lowest BCUT2D eigenvalue weighted by atomic mass is 9.95. The van der Waals surface area contributed by atoms with E-state index < -0.39 is 18.3 Å². The Bertz CT molecular complexity index is 1280. The molecule has 0 bridgehead atoms. The molecule has 1 fully saturated rings. The Morgan fingerprint density at radius 3 is 2.51 bits per heavy atom. The molecule has 0 radical (unpaired) electrons. The van der Waals surface area contributed by atoms with Gasteiger partial charge in [-0.2, -0.15) is 0 Å². The number of fused-ring (bicyclic) bond motifs is 2. The van der Waals surface area contributed by atoms with Gasteiger partial charge in [-0.15, -0.1) is 0 Å². The normalized spacial score (nSPS) is 18.0. The highest BCUT2D eigenvalue weighted by Gasteiger charge is 2.38. The number of nitrogens with one attached hydrogen (secondary N) is 1. The Kier molecular flexibility index (Phi) is 6.21. The van der Waals surface area contributed by atoms with Crippen LogP contribution in [0.2, 0.25) is 0 Å². The van der Waals surface area contributed by atoms with Crippen LogP contribution in [0.5, 0.6) is 11.5 Å². The minimum absolute atomic E-state index is 0.00443. The lowest BCUT2D eigenvalue weighted by Crippen LogP contribution is -2.39. The highest BCUT2D eigenvalue weighted by Crippen LogP contribution is 2.44. The summed E-state index contributed by atoms with van der Waals surface area (Å²) in [5.74, 6) is 1.19. The van der Waals surface area contributed by atoms with Crippen molar-refractivity contribution in [2.24, 2.45) is 0 Å². The topological polar surface area (TPSA) is 121 Å². The third kappa shape index (κ3) is 4.49. The van der Waals surface area contributed by atoms with Crippen molar-refractivity contribution in [2.75, 3.05) is 5.48 Å². The molecule has 1 saturated carbocycles. The summed E-state index contributed by atoms with van der Waals surface area (Å²) in [6.45, 7) is 2.97. The molecule has 1 aliphatic carbocycles. The molecule has 186 valence electrons. The van der Waals surface area contributed by atoms with E-state index in [2.05, 4.69) is 5.48 Å². The number of anilines is 1. The zero-order valence-electron chi connectivity index (χ0n) is 20.0. The molecule has 3 aromatic rings. The van der Waals surface area contributed by atoms with Crippen molar-refractivity contribution in [3.8, 4) is 11.5 Å². The molecule has 5 rings (SSSR count). The Morgan fingerprint density at radius 1 is 1.17 bits per heavy atom. The van der Waals surface area contributed by atoms with Gasteiger partial charge in [0, 0.05) is 30.0 Å². The molecule has 1 atom stereocenters. The summed E-state index contributed by atoms with van der Waals surface area (Å²) in [6, 6.07) is 8.66. The molecule has 0 spiro atoms. The van der Waals surface area contributed by atoms with Gasteiger partial charge in [-0.05, 0) is 57.2 Å². The van der Waals surface area contributed by atoms with Crippen LogP contribution in [0.15, 0.2) is 39.5 Å². The number of aliphatic hydroxyl groups excluding tert-OH is 1. The minimum atomic E-state index is -1.08. The number of aliphatic hydroxyl groups is 2.